The summed E-state index contributed by atoms with van der Waals surface area (Å²) in [5, 5.41) is 11.2. The Labute approximate surface area is 181 Å². The Hall–Kier alpha value is -3.19. The molecule has 2 unspecified atom stereocenters. The molecule has 31 heavy (non-hydrogen) atoms. The highest BCUT2D eigenvalue weighted by Gasteiger charge is 2.47. The van der Waals surface area contributed by atoms with Gasteiger partial charge >= 0.3 is 0 Å². The van der Waals surface area contributed by atoms with Crippen molar-refractivity contribution in [1.29, 1.82) is 0 Å². The lowest BCUT2D eigenvalue weighted by Gasteiger charge is -2.27. The minimum atomic E-state index is -0.707. The first-order chi connectivity index (χ1) is 15.0. The van der Waals surface area contributed by atoms with Crippen LogP contribution in [0.15, 0.2) is 54.4 Å². The fraction of sp³-hybridized carbons (Fsp3) is 0.375. The van der Waals surface area contributed by atoms with Crippen LogP contribution in [0, 0.1) is 0 Å². The van der Waals surface area contributed by atoms with Crippen LogP contribution in [0.2, 0.25) is 0 Å². The van der Waals surface area contributed by atoms with E-state index < -0.39 is 17.7 Å². The van der Waals surface area contributed by atoms with Crippen molar-refractivity contribution < 1.29 is 24.2 Å². The molecule has 0 spiro atoms. The molecule has 0 bridgehead atoms. The lowest BCUT2D eigenvalue weighted by Crippen LogP contribution is -2.36. The second-order valence-corrected chi connectivity index (χ2v) is 8.06. The maximum atomic E-state index is 13.1. The highest BCUT2D eigenvalue weighted by Crippen LogP contribution is 2.40. The lowest BCUT2D eigenvalue weighted by atomic mass is 9.95. The Balaban J connectivity index is 1.78. The van der Waals surface area contributed by atoms with Gasteiger partial charge in [0.2, 0.25) is 0 Å². The molecule has 0 radical (unpaired) electrons. The van der Waals surface area contributed by atoms with Gasteiger partial charge in [0.15, 0.2) is 0 Å². The molecule has 2 aliphatic rings. The zero-order valence-corrected chi connectivity index (χ0v) is 17.7. The molecule has 0 saturated carbocycles. The van der Waals surface area contributed by atoms with Gasteiger partial charge in [-0.05, 0) is 56.5 Å². The number of amides is 1. The van der Waals surface area contributed by atoms with E-state index >= 15 is 0 Å². The third-order valence-corrected chi connectivity index (χ3v) is 5.47. The van der Waals surface area contributed by atoms with Crippen molar-refractivity contribution in [1.82, 2.24) is 9.88 Å². The number of ether oxygens (including phenoxy) is 2. The Morgan fingerprint density at radius 3 is 2.71 bits per heavy atom. The second-order valence-electron chi connectivity index (χ2n) is 8.06. The third-order valence-electron chi connectivity index (χ3n) is 5.47. The normalized spacial score (nSPS) is 23.0. The van der Waals surface area contributed by atoms with E-state index in [0.717, 1.165) is 12.8 Å². The Morgan fingerprint density at radius 1 is 1.26 bits per heavy atom. The Bertz CT molecular complexity index is 996. The SMILES string of the molecule is CC(C)Oc1cccc(/C(O)=C2/C(=O)C(=O)N(CC3CCCO3)C2c2ccncc2)c1. The number of hydrogen-bond donors (Lipinski definition) is 1. The first-order valence-electron chi connectivity index (χ1n) is 10.5. The number of benzene rings is 1. The van der Waals surface area contributed by atoms with Crippen LogP contribution in [-0.2, 0) is 14.3 Å². The Kier molecular flexibility index (Phi) is 6.04. The molecular weight excluding hydrogens is 396 g/mol. The lowest BCUT2D eigenvalue weighted by molar-refractivity contribution is -0.140. The molecule has 1 N–H and O–H groups in total. The molecule has 0 aliphatic carbocycles. The number of aliphatic hydroxyl groups is 1. The van der Waals surface area contributed by atoms with E-state index in [1.54, 1.807) is 48.8 Å². The number of hydrogen-bond acceptors (Lipinski definition) is 6. The van der Waals surface area contributed by atoms with E-state index in [9.17, 15) is 14.7 Å². The summed E-state index contributed by atoms with van der Waals surface area (Å²) in [7, 11) is 0. The molecule has 1 amide bonds. The zero-order chi connectivity index (χ0) is 22.0. The Morgan fingerprint density at radius 2 is 2.03 bits per heavy atom. The van der Waals surface area contributed by atoms with E-state index in [0.29, 0.717) is 30.0 Å². The summed E-state index contributed by atoms with van der Waals surface area (Å²) in [6.45, 7) is 4.77. The minimum Gasteiger partial charge on any atom is -0.507 e. The van der Waals surface area contributed by atoms with Gasteiger partial charge in [0.05, 0.1) is 23.8 Å². The molecule has 3 heterocycles. The summed E-state index contributed by atoms with van der Waals surface area (Å²) in [6.07, 6.45) is 4.83. The van der Waals surface area contributed by atoms with Gasteiger partial charge in [-0.3, -0.25) is 14.6 Å². The number of Topliss-reactive ketones (excluding diaryl/α,β-unsaturated/α-hetero) is 1. The smallest absolute Gasteiger partial charge is 0.295 e. The van der Waals surface area contributed by atoms with E-state index in [1.807, 2.05) is 13.8 Å². The van der Waals surface area contributed by atoms with Crippen LogP contribution in [-0.4, -0.2) is 52.0 Å². The monoisotopic (exact) mass is 422 g/mol. The number of aliphatic hydroxyl groups excluding tert-OH is 1. The number of carbonyl (C=O) groups is 2. The van der Waals surface area contributed by atoms with Crippen molar-refractivity contribution in [2.45, 2.75) is 44.9 Å². The van der Waals surface area contributed by atoms with Gasteiger partial charge < -0.3 is 19.5 Å². The highest BCUT2D eigenvalue weighted by atomic mass is 16.5. The fourth-order valence-corrected chi connectivity index (χ4v) is 4.11. The average molecular weight is 422 g/mol. The zero-order valence-electron chi connectivity index (χ0n) is 17.7. The van der Waals surface area contributed by atoms with E-state index in [1.165, 1.54) is 4.90 Å². The second kappa shape index (κ2) is 8.89. The predicted molar refractivity (Wildman–Crippen MR) is 114 cm³/mol. The maximum Gasteiger partial charge on any atom is 0.295 e. The summed E-state index contributed by atoms with van der Waals surface area (Å²) in [5.41, 5.74) is 1.20. The van der Waals surface area contributed by atoms with Gasteiger partial charge in [-0.2, -0.15) is 0 Å². The molecule has 2 atom stereocenters. The molecule has 1 aromatic heterocycles. The average Bonchev–Trinajstić information content (AvgIpc) is 3.36. The quantitative estimate of drug-likeness (QED) is 0.436. The summed E-state index contributed by atoms with van der Waals surface area (Å²) < 4.78 is 11.4. The molecule has 2 saturated heterocycles. The van der Waals surface area contributed by atoms with Crippen LogP contribution < -0.4 is 4.74 Å². The predicted octanol–water partition coefficient (Wildman–Crippen LogP) is 3.47. The third kappa shape index (κ3) is 4.32. The van der Waals surface area contributed by atoms with Crippen LogP contribution in [0.4, 0.5) is 0 Å². The molecule has 2 aliphatic heterocycles. The highest BCUT2D eigenvalue weighted by molar-refractivity contribution is 6.46. The number of aromatic nitrogens is 1. The molecular formula is C24H26N2O5. The summed E-state index contributed by atoms with van der Waals surface area (Å²) >= 11 is 0. The first-order valence-corrected chi connectivity index (χ1v) is 10.5. The molecule has 2 fully saturated rings. The van der Waals surface area contributed by atoms with Crippen LogP contribution in [0.1, 0.15) is 43.9 Å². The van der Waals surface area contributed by atoms with Gasteiger partial charge in [0.25, 0.3) is 11.7 Å². The molecule has 2 aromatic rings. The van der Waals surface area contributed by atoms with Crippen LogP contribution in [0.25, 0.3) is 5.76 Å². The molecule has 4 rings (SSSR count). The van der Waals surface area contributed by atoms with Gasteiger partial charge in [0, 0.05) is 31.1 Å². The standard InChI is InChI=1S/C24H26N2O5/c1-15(2)31-18-6-3-5-17(13-18)22(27)20-21(16-8-10-25-11-9-16)26(24(29)23(20)28)14-19-7-4-12-30-19/h3,5-6,8-11,13,15,19,21,27H,4,7,12,14H2,1-2H3/b22-20-. The molecule has 162 valence electrons. The summed E-state index contributed by atoms with van der Waals surface area (Å²) in [6, 6.07) is 9.70. The van der Waals surface area contributed by atoms with Crippen LogP contribution in [0.5, 0.6) is 5.75 Å². The number of rotatable bonds is 6. The van der Waals surface area contributed by atoms with Crippen molar-refractivity contribution in [3.8, 4) is 5.75 Å². The summed E-state index contributed by atoms with van der Waals surface area (Å²) in [5.74, 6) is -0.974. The van der Waals surface area contributed by atoms with Gasteiger partial charge in [-0.1, -0.05) is 12.1 Å². The number of nitrogens with zero attached hydrogens (tertiary/aromatic N) is 2. The number of likely N-dealkylation sites (tertiary alicyclic amines) is 1. The van der Waals surface area contributed by atoms with Crippen molar-refractivity contribution in [2.75, 3.05) is 13.2 Å². The minimum absolute atomic E-state index is 0.0359. The van der Waals surface area contributed by atoms with Crippen molar-refractivity contribution in [3.63, 3.8) is 0 Å². The van der Waals surface area contributed by atoms with Crippen LogP contribution >= 0.6 is 0 Å². The first kappa shape index (κ1) is 21.1. The van der Waals surface area contributed by atoms with Gasteiger partial charge in [-0.15, -0.1) is 0 Å². The number of pyridine rings is 1. The van der Waals surface area contributed by atoms with Crippen molar-refractivity contribution in [3.05, 3.63) is 65.5 Å². The van der Waals surface area contributed by atoms with E-state index in [4.69, 9.17) is 9.47 Å². The van der Waals surface area contributed by atoms with Gasteiger partial charge in [0.1, 0.15) is 11.5 Å². The molecule has 7 heteroatoms. The largest absolute Gasteiger partial charge is 0.507 e. The van der Waals surface area contributed by atoms with E-state index in [2.05, 4.69) is 4.98 Å². The summed E-state index contributed by atoms with van der Waals surface area (Å²) in [4.78, 5) is 31.6. The molecule has 1 aromatic carbocycles. The van der Waals surface area contributed by atoms with Gasteiger partial charge in [-0.25, -0.2) is 0 Å². The van der Waals surface area contributed by atoms with Crippen molar-refractivity contribution in [2.24, 2.45) is 0 Å². The number of carbonyl (C=O) groups excluding carboxylic acids is 2. The van der Waals surface area contributed by atoms with E-state index in [-0.39, 0.29) is 23.5 Å². The van der Waals surface area contributed by atoms with Crippen molar-refractivity contribution >= 4 is 17.4 Å². The molecule has 7 nitrogen and oxygen atoms in total. The number of ketones is 1. The topological polar surface area (TPSA) is 89.0 Å². The fourth-order valence-electron chi connectivity index (χ4n) is 4.11. The maximum absolute atomic E-state index is 13.1. The van der Waals surface area contributed by atoms with Crippen LogP contribution in [0.3, 0.4) is 0 Å².